The number of hydrogen-bond acceptors (Lipinski definition) is 4. The molecule has 0 radical (unpaired) electrons. The first kappa shape index (κ1) is 26.7. The molecule has 0 aliphatic carbocycles. The van der Waals surface area contributed by atoms with Crippen LogP contribution in [-0.2, 0) is 25.3 Å². The van der Waals surface area contributed by atoms with E-state index in [1.807, 2.05) is 72.8 Å². The lowest BCUT2D eigenvalue weighted by molar-refractivity contribution is 0.0785. The minimum Gasteiger partial charge on any atom is -0.337 e. The van der Waals surface area contributed by atoms with Crippen molar-refractivity contribution in [2.75, 3.05) is 7.05 Å². The van der Waals surface area contributed by atoms with Crippen LogP contribution in [0.25, 0.3) is 10.9 Å². The summed E-state index contributed by atoms with van der Waals surface area (Å²) in [4.78, 5) is 33.5. The molecule has 1 amide bonds. The van der Waals surface area contributed by atoms with Crippen LogP contribution in [0.15, 0.2) is 113 Å². The summed E-state index contributed by atoms with van der Waals surface area (Å²) in [5.74, 6) is 0.492. The van der Waals surface area contributed by atoms with Crippen molar-refractivity contribution in [1.29, 1.82) is 0 Å². The number of amides is 1. The Bertz CT molecular complexity index is 1660. The Balaban J connectivity index is 1.47. The molecule has 4 aromatic carbocycles. The van der Waals surface area contributed by atoms with Gasteiger partial charge in [0.15, 0.2) is 5.16 Å². The summed E-state index contributed by atoms with van der Waals surface area (Å²) in [5, 5.41) is 1.78. The molecule has 0 unspecified atom stereocenters. The third kappa shape index (κ3) is 6.59. The van der Waals surface area contributed by atoms with E-state index in [4.69, 9.17) is 16.6 Å². The third-order valence-corrected chi connectivity index (χ3v) is 7.78. The second-order valence-corrected chi connectivity index (χ2v) is 10.8. The van der Waals surface area contributed by atoms with E-state index in [-0.39, 0.29) is 11.5 Å². The number of aromatic nitrogens is 2. The highest BCUT2D eigenvalue weighted by Gasteiger charge is 2.17. The van der Waals surface area contributed by atoms with Crippen molar-refractivity contribution in [1.82, 2.24) is 14.5 Å². The number of carbonyl (C=O) groups is 1. The van der Waals surface area contributed by atoms with Gasteiger partial charge in [-0.1, -0.05) is 96.2 Å². The smallest absolute Gasteiger partial charge is 0.262 e. The van der Waals surface area contributed by atoms with E-state index in [2.05, 4.69) is 12.1 Å². The van der Waals surface area contributed by atoms with Gasteiger partial charge in [-0.05, 0) is 53.4 Å². The van der Waals surface area contributed by atoms with Gasteiger partial charge >= 0.3 is 0 Å². The van der Waals surface area contributed by atoms with Gasteiger partial charge in [0.05, 0.1) is 10.9 Å². The second-order valence-electron chi connectivity index (χ2n) is 9.38. The molecule has 5 nitrogen and oxygen atoms in total. The van der Waals surface area contributed by atoms with Gasteiger partial charge < -0.3 is 4.90 Å². The van der Waals surface area contributed by atoms with Crippen LogP contribution < -0.4 is 5.56 Å². The maximum atomic E-state index is 13.7. The minimum absolute atomic E-state index is 0.110. The first-order valence-corrected chi connectivity index (χ1v) is 14.1. The van der Waals surface area contributed by atoms with Crippen LogP contribution in [0, 0.1) is 0 Å². The number of benzene rings is 4. The van der Waals surface area contributed by atoms with Crippen molar-refractivity contribution >= 4 is 40.2 Å². The molecule has 5 rings (SSSR count). The summed E-state index contributed by atoms with van der Waals surface area (Å²) in [7, 11) is 1.78. The molecule has 7 heteroatoms. The number of carbonyl (C=O) groups excluding carboxylic acids is 1. The number of nitrogens with zero attached hydrogens (tertiary/aromatic N) is 3. The highest BCUT2D eigenvalue weighted by molar-refractivity contribution is 7.98. The summed E-state index contributed by atoms with van der Waals surface area (Å²) in [6.07, 6.45) is 0.708. The Morgan fingerprint density at radius 3 is 2.28 bits per heavy atom. The number of thioether (sulfide) groups is 1. The topological polar surface area (TPSA) is 55.2 Å². The van der Waals surface area contributed by atoms with Gasteiger partial charge in [-0.15, -0.1) is 0 Å². The molecule has 0 spiro atoms. The van der Waals surface area contributed by atoms with Gasteiger partial charge in [-0.3, -0.25) is 14.2 Å². The fourth-order valence-corrected chi connectivity index (χ4v) is 5.63. The van der Waals surface area contributed by atoms with Gasteiger partial charge in [0.2, 0.25) is 0 Å². The molecule has 0 atom stereocenters. The summed E-state index contributed by atoms with van der Waals surface area (Å²) >= 11 is 7.68. The Morgan fingerprint density at radius 1 is 0.872 bits per heavy atom. The molecule has 196 valence electrons. The van der Waals surface area contributed by atoms with Crippen molar-refractivity contribution in [3.63, 3.8) is 0 Å². The highest BCUT2D eigenvalue weighted by Crippen LogP contribution is 2.25. The average Bonchev–Trinajstić information content (AvgIpc) is 2.96. The maximum Gasteiger partial charge on any atom is 0.262 e. The molecular weight excluding hydrogens is 526 g/mol. The predicted octanol–water partition coefficient (Wildman–Crippen LogP) is 6.86. The Morgan fingerprint density at radius 2 is 1.56 bits per heavy atom. The molecule has 0 aliphatic rings. The molecule has 0 bridgehead atoms. The lowest BCUT2D eigenvalue weighted by Crippen LogP contribution is -2.27. The zero-order chi connectivity index (χ0) is 27.2. The van der Waals surface area contributed by atoms with Crippen LogP contribution in [0.2, 0.25) is 5.02 Å². The molecule has 0 fully saturated rings. The average molecular weight is 554 g/mol. The molecule has 1 aromatic heterocycles. The fourth-order valence-electron chi connectivity index (χ4n) is 4.45. The van der Waals surface area contributed by atoms with Gasteiger partial charge in [-0.2, -0.15) is 0 Å². The van der Waals surface area contributed by atoms with Crippen LogP contribution in [-0.4, -0.2) is 27.4 Å². The second kappa shape index (κ2) is 12.3. The van der Waals surface area contributed by atoms with E-state index in [1.165, 1.54) is 11.8 Å². The number of aryl methyl sites for hydroxylation is 1. The van der Waals surface area contributed by atoms with E-state index < -0.39 is 0 Å². The van der Waals surface area contributed by atoms with Gasteiger partial charge in [-0.25, -0.2) is 4.98 Å². The number of hydrogen-bond donors (Lipinski definition) is 0. The summed E-state index contributed by atoms with van der Waals surface area (Å²) in [6.45, 7) is 0.997. The first-order valence-electron chi connectivity index (χ1n) is 12.7. The molecule has 0 saturated carbocycles. The summed E-state index contributed by atoms with van der Waals surface area (Å²) < 4.78 is 1.74. The molecule has 0 aliphatic heterocycles. The van der Waals surface area contributed by atoms with Crippen molar-refractivity contribution in [3.8, 4) is 0 Å². The summed E-state index contributed by atoms with van der Waals surface area (Å²) in [5.41, 5.74) is 4.15. The predicted molar refractivity (Wildman–Crippen MR) is 159 cm³/mol. The van der Waals surface area contributed by atoms with Crippen LogP contribution in [0.4, 0.5) is 0 Å². The van der Waals surface area contributed by atoms with Gasteiger partial charge in [0, 0.05) is 36.5 Å². The van der Waals surface area contributed by atoms with Gasteiger partial charge in [0.1, 0.15) is 0 Å². The van der Waals surface area contributed by atoms with E-state index in [1.54, 1.807) is 34.7 Å². The molecular formula is C32H28ClN3O2S. The zero-order valence-electron chi connectivity index (χ0n) is 21.6. The Hall–Kier alpha value is -3.87. The lowest BCUT2D eigenvalue weighted by atomic mass is 10.1. The van der Waals surface area contributed by atoms with E-state index in [0.717, 1.165) is 16.7 Å². The van der Waals surface area contributed by atoms with Crippen molar-refractivity contribution in [2.45, 2.75) is 30.4 Å². The molecule has 39 heavy (non-hydrogen) atoms. The SMILES string of the molecule is CN(Cc1ccccc1)C(=O)c1ccc2c(=O)n(CCc3ccccc3)c(SCc3cccc(Cl)c3)nc2c1. The van der Waals surface area contributed by atoms with E-state index in [0.29, 0.717) is 51.9 Å². The Labute approximate surface area is 237 Å². The molecule has 1 heterocycles. The molecule has 0 saturated heterocycles. The van der Waals surface area contributed by atoms with Crippen LogP contribution in [0.1, 0.15) is 27.0 Å². The third-order valence-electron chi connectivity index (χ3n) is 6.50. The van der Waals surface area contributed by atoms with Crippen LogP contribution in [0.5, 0.6) is 0 Å². The zero-order valence-corrected chi connectivity index (χ0v) is 23.2. The number of fused-ring (bicyclic) bond motifs is 1. The Kier molecular flexibility index (Phi) is 8.45. The van der Waals surface area contributed by atoms with E-state index >= 15 is 0 Å². The van der Waals surface area contributed by atoms with Crippen LogP contribution in [0.3, 0.4) is 0 Å². The van der Waals surface area contributed by atoms with Crippen molar-refractivity contribution < 1.29 is 4.79 Å². The van der Waals surface area contributed by atoms with Crippen LogP contribution >= 0.6 is 23.4 Å². The largest absolute Gasteiger partial charge is 0.337 e. The number of rotatable bonds is 9. The van der Waals surface area contributed by atoms with Crippen molar-refractivity contribution in [2.24, 2.45) is 0 Å². The maximum absolute atomic E-state index is 13.7. The quantitative estimate of drug-likeness (QED) is 0.148. The fraction of sp³-hybridized carbons (Fsp3) is 0.156. The standard InChI is InChI=1S/C32H28ClN3O2S/c1-35(21-24-11-6-3-7-12-24)30(37)26-15-16-28-29(20-26)34-32(39-22-25-13-8-14-27(33)19-25)36(31(28)38)18-17-23-9-4-2-5-10-23/h2-16,19-20H,17-18,21-22H2,1H3. The summed E-state index contributed by atoms with van der Waals surface area (Å²) in [6, 6.07) is 32.8. The molecule has 0 N–H and O–H groups in total. The van der Waals surface area contributed by atoms with Gasteiger partial charge in [0.25, 0.3) is 11.5 Å². The minimum atomic E-state index is -0.121. The van der Waals surface area contributed by atoms with Crippen molar-refractivity contribution in [3.05, 3.63) is 141 Å². The number of halogens is 1. The van der Waals surface area contributed by atoms with E-state index in [9.17, 15) is 9.59 Å². The molecule has 5 aromatic rings. The highest BCUT2D eigenvalue weighted by atomic mass is 35.5. The monoisotopic (exact) mass is 553 g/mol. The normalized spacial score (nSPS) is 11.0. The lowest BCUT2D eigenvalue weighted by Gasteiger charge is -2.18. The first-order chi connectivity index (χ1) is 19.0.